The number of hydrogen-bond acceptors (Lipinski definition) is 2. The summed E-state index contributed by atoms with van der Waals surface area (Å²) in [5.74, 6) is 0.255. The van der Waals surface area contributed by atoms with Crippen molar-refractivity contribution in [1.29, 1.82) is 0 Å². The molecule has 0 spiro atoms. The van der Waals surface area contributed by atoms with Gasteiger partial charge in [-0.1, -0.05) is 37.1 Å². The van der Waals surface area contributed by atoms with Crippen LogP contribution in [-0.4, -0.2) is 12.3 Å². The molecule has 2 rings (SSSR count). The van der Waals surface area contributed by atoms with Crippen molar-refractivity contribution >= 4 is 5.78 Å². The van der Waals surface area contributed by atoms with Crippen LogP contribution in [0, 0.1) is 12.3 Å². The molecule has 0 bridgehead atoms. The fraction of sp³-hybridized carbons (Fsp3) is 0.500. The minimum absolute atomic E-state index is 0.255. The Bertz CT molecular complexity index is 391. The average Bonchev–Trinajstić information content (AvgIpc) is 2.78. The van der Waals surface area contributed by atoms with Gasteiger partial charge in [-0.2, -0.15) is 0 Å². The van der Waals surface area contributed by atoms with E-state index in [2.05, 4.69) is 0 Å². The zero-order valence-electron chi connectivity index (χ0n) is 9.83. The molecule has 2 nitrogen and oxygen atoms in total. The van der Waals surface area contributed by atoms with Crippen molar-refractivity contribution in [3.8, 4) is 0 Å². The minimum atomic E-state index is -0.272. The fourth-order valence-corrected chi connectivity index (χ4v) is 2.69. The summed E-state index contributed by atoms with van der Waals surface area (Å²) in [6, 6.07) is 7.81. The Labute approximate surface area is 96.8 Å². The highest BCUT2D eigenvalue weighted by Gasteiger charge is 2.40. The van der Waals surface area contributed by atoms with Crippen LogP contribution in [0.3, 0.4) is 0 Å². The van der Waals surface area contributed by atoms with Crippen LogP contribution in [0.5, 0.6) is 0 Å². The van der Waals surface area contributed by atoms with Crippen LogP contribution in [0.15, 0.2) is 24.3 Å². The summed E-state index contributed by atoms with van der Waals surface area (Å²) in [6.45, 7) is 2.48. The maximum absolute atomic E-state index is 12.5. The topological polar surface area (TPSA) is 43.1 Å². The van der Waals surface area contributed by atoms with E-state index in [0.717, 1.165) is 36.8 Å². The summed E-state index contributed by atoms with van der Waals surface area (Å²) in [5.41, 5.74) is 7.48. The molecule has 2 heteroatoms. The van der Waals surface area contributed by atoms with Gasteiger partial charge in [-0.05, 0) is 25.3 Å². The molecule has 1 aromatic carbocycles. The van der Waals surface area contributed by atoms with Crippen LogP contribution in [-0.2, 0) is 0 Å². The first-order valence-electron chi connectivity index (χ1n) is 6.00. The molecule has 2 N–H and O–H groups in total. The number of carbonyl (C=O) groups excluding carboxylic acids is 1. The zero-order chi connectivity index (χ0) is 11.6. The Morgan fingerprint density at radius 2 is 1.94 bits per heavy atom. The van der Waals surface area contributed by atoms with Crippen molar-refractivity contribution in [3.63, 3.8) is 0 Å². The molecule has 0 aromatic heterocycles. The van der Waals surface area contributed by atoms with E-state index in [4.69, 9.17) is 5.73 Å². The molecule has 1 aliphatic carbocycles. The second kappa shape index (κ2) is 4.38. The third-order valence-electron chi connectivity index (χ3n) is 3.82. The SMILES string of the molecule is Cc1ccccc1C(=O)C1(CN)CCCC1. The van der Waals surface area contributed by atoms with Crippen LogP contribution < -0.4 is 5.73 Å². The third-order valence-corrected chi connectivity index (χ3v) is 3.82. The van der Waals surface area contributed by atoms with Crippen molar-refractivity contribution < 1.29 is 4.79 Å². The van der Waals surface area contributed by atoms with Gasteiger partial charge in [0.05, 0.1) is 0 Å². The Kier molecular flexibility index (Phi) is 3.10. The Balaban J connectivity index is 2.34. The molecule has 0 radical (unpaired) electrons. The van der Waals surface area contributed by atoms with Gasteiger partial charge in [0.25, 0.3) is 0 Å². The van der Waals surface area contributed by atoms with E-state index < -0.39 is 0 Å². The molecule has 1 aromatic rings. The first-order valence-corrected chi connectivity index (χ1v) is 6.00. The van der Waals surface area contributed by atoms with Crippen molar-refractivity contribution in [2.24, 2.45) is 11.1 Å². The molecule has 0 unspecified atom stereocenters. The molecular weight excluding hydrogens is 198 g/mol. The van der Waals surface area contributed by atoms with Crippen molar-refractivity contribution in [3.05, 3.63) is 35.4 Å². The highest BCUT2D eigenvalue weighted by molar-refractivity contribution is 6.02. The van der Waals surface area contributed by atoms with Gasteiger partial charge in [-0.3, -0.25) is 4.79 Å². The second-order valence-electron chi connectivity index (χ2n) is 4.84. The molecule has 0 heterocycles. The largest absolute Gasteiger partial charge is 0.329 e. The summed E-state index contributed by atoms with van der Waals surface area (Å²) in [4.78, 5) is 12.5. The summed E-state index contributed by atoms with van der Waals surface area (Å²) >= 11 is 0. The fourth-order valence-electron chi connectivity index (χ4n) is 2.69. The first-order chi connectivity index (χ1) is 7.69. The van der Waals surface area contributed by atoms with Crippen LogP contribution in [0.2, 0.25) is 0 Å². The summed E-state index contributed by atoms with van der Waals surface area (Å²) in [7, 11) is 0. The molecular formula is C14H19NO. The standard InChI is InChI=1S/C14H19NO/c1-11-6-2-3-7-12(11)13(16)14(10-15)8-4-5-9-14/h2-3,6-7H,4-5,8-10,15H2,1H3. The van der Waals surface area contributed by atoms with E-state index in [1.165, 1.54) is 0 Å². The van der Waals surface area contributed by atoms with Crippen LogP contribution >= 0.6 is 0 Å². The van der Waals surface area contributed by atoms with E-state index in [-0.39, 0.29) is 11.2 Å². The molecule has 16 heavy (non-hydrogen) atoms. The van der Waals surface area contributed by atoms with Gasteiger partial charge in [0.15, 0.2) is 5.78 Å². The van der Waals surface area contributed by atoms with Crippen molar-refractivity contribution in [2.75, 3.05) is 6.54 Å². The molecule has 0 saturated heterocycles. The van der Waals surface area contributed by atoms with Crippen LogP contribution in [0.4, 0.5) is 0 Å². The Morgan fingerprint density at radius 3 is 2.50 bits per heavy atom. The van der Waals surface area contributed by atoms with Gasteiger partial charge >= 0.3 is 0 Å². The van der Waals surface area contributed by atoms with E-state index in [0.29, 0.717) is 6.54 Å². The monoisotopic (exact) mass is 217 g/mol. The van der Waals surface area contributed by atoms with Gasteiger partial charge in [-0.25, -0.2) is 0 Å². The highest BCUT2D eigenvalue weighted by Crippen LogP contribution is 2.40. The molecule has 0 atom stereocenters. The molecule has 0 aliphatic heterocycles. The predicted octanol–water partition coefficient (Wildman–Crippen LogP) is 2.70. The van der Waals surface area contributed by atoms with E-state index in [1.807, 2.05) is 31.2 Å². The minimum Gasteiger partial charge on any atom is -0.329 e. The summed E-state index contributed by atoms with van der Waals surface area (Å²) in [5, 5.41) is 0. The Hall–Kier alpha value is -1.15. The highest BCUT2D eigenvalue weighted by atomic mass is 16.1. The predicted molar refractivity (Wildman–Crippen MR) is 65.5 cm³/mol. The van der Waals surface area contributed by atoms with Gasteiger partial charge in [0.1, 0.15) is 0 Å². The van der Waals surface area contributed by atoms with Gasteiger partial charge < -0.3 is 5.73 Å². The maximum Gasteiger partial charge on any atom is 0.170 e. The number of Topliss-reactive ketones (excluding diaryl/α,β-unsaturated/α-hetero) is 1. The van der Waals surface area contributed by atoms with Crippen LogP contribution in [0.25, 0.3) is 0 Å². The lowest BCUT2D eigenvalue weighted by atomic mass is 9.78. The molecule has 86 valence electrons. The lowest BCUT2D eigenvalue weighted by Crippen LogP contribution is -2.36. The van der Waals surface area contributed by atoms with Gasteiger partial charge in [-0.15, -0.1) is 0 Å². The van der Waals surface area contributed by atoms with Gasteiger partial charge in [0.2, 0.25) is 0 Å². The number of ketones is 1. The summed E-state index contributed by atoms with van der Waals surface area (Å²) in [6.07, 6.45) is 4.18. The maximum atomic E-state index is 12.5. The normalized spacial score (nSPS) is 18.6. The number of carbonyl (C=O) groups is 1. The molecule has 1 aliphatic rings. The van der Waals surface area contributed by atoms with E-state index in [9.17, 15) is 4.79 Å². The van der Waals surface area contributed by atoms with Crippen molar-refractivity contribution in [2.45, 2.75) is 32.6 Å². The van der Waals surface area contributed by atoms with E-state index in [1.54, 1.807) is 0 Å². The Morgan fingerprint density at radius 1 is 1.31 bits per heavy atom. The number of aryl methyl sites for hydroxylation is 1. The number of benzene rings is 1. The summed E-state index contributed by atoms with van der Waals surface area (Å²) < 4.78 is 0. The zero-order valence-corrected chi connectivity index (χ0v) is 9.83. The van der Waals surface area contributed by atoms with E-state index >= 15 is 0 Å². The average molecular weight is 217 g/mol. The quantitative estimate of drug-likeness (QED) is 0.791. The lowest BCUT2D eigenvalue weighted by Gasteiger charge is -2.26. The first kappa shape index (κ1) is 11.3. The molecule has 1 fully saturated rings. The molecule has 1 saturated carbocycles. The smallest absolute Gasteiger partial charge is 0.170 e. The van der Waals surface area contributed by atoms with Crippen LogP contribution in [0.1, 0.15) is 41.6 Å². The lowest BCUT2D eigenvalue weighted by molar-refractivity contribution is 0.0809. The molecule has 0 amide bonds. The number of nitrogens with two attached hydrogens (primary N) is 1. The number of rotatable bonds is 3. The van der Waals surface area contributed by atoms with Crippen molar-refractivity contribution in [1.82, 2.24) is 0 Å². The third kappa shape index (κ3) is 1.78. The van der Waals surface area contributed by atoms with Gasteiger partial charge in [0, 0.05) is 17.5 Å². The number of hydrogen-bond donors (Lipinski definition) is 1. The second-order valence-corrected chi connectivity index (χ2v) is 4.84.